The van der Waals surface area contributed by atoms with Crippen LogP contribution in [0.1, 0.15) is 24.9 Å². The van der Waals surface area contributed by atoms with Crippen molar-refractivity contribution in [2.24, 2.45) is 0 Å². The van der Waals surface area contributed by atoms with Crippen molar-refractivity contribution in [2.45, 2.75) is 19.4 Å². The van der Waals surface area contributed by atoms with E-state index in [0.717, 1.165) is 39.1 Å². The summed E-state index contributed by atoms with van der Waals surface area (Å²) in [7, 11) is 3.26. The largest absolute Gasteiger partial charge is 0.497 e. The molecule has 1 aliphatic rings. The van der Waals surface area contributed by atoms with Crippen LogP contribution in [0.4, 0.5) is 0 Å². The van der Waals surface area contributed by atoms with Crippen molar-refractivity contribution in [2.75, 3.05) is 14.2 Å². The maximum atomic E-state index is 13.7. The van der Waals surface area contributed by atoms with E-state index in [1.165, 1.54) is 0 Å². The molecular formula is C27H23NO4. The molecule has 2 heterocycles. The molecule has 0 saturated carbocycles. The van der Waals surface area contributed by atoms with Gasteiger partial charge in [-0.2, -0.15) is 0 Å². The number of methoxy groups -OCH3 is 2. The number of rotatable bonds is 5. The predicted molar refractivity (Wildman–Crippen MR) is 126 cm³/mol. The highest BCUT2D eigenvalue weighted by molar-refractivity contribution is 6.04. The van der Waals surface area contributed by atoms with E-state index in [1.54, 1.807) is 25.7 Å². The first kappa shape index (κ1) is 20.1. The lowest BCUT2D eigenvalue weighted by Gasteiger charge is -2.19. The van der Waals surface area contributed by atoms with Crippen molar-refractivity contribution in [3.63, 3.8) is 0 Å². The Balaban J connectivity index is 1.92. The average Bonchev–Trinajstić information content (AvgIpc) is 3.12. The fraction of sp³-hybridized carbons (Fsp3) is 0.185. The smallest absolute Gasteiger partial charge is 0.259 e. The molecule has 1 unspecified atom stereocenters. The number of ketones is 1. The van der Waals surface area contributed by atoms with Crippen molar-refractivity contribution in [3.8, 4) is 33.9 Å². The van der Waals surface area contributed by atoms with Gasteiger partial charge in [0, 0.05) is 22.9 Å². The lowest BCUT2D eigenvalue weighted by atomic mass is 9.93. The minimum Gasteiger partial charge on any atom is -0.497 e. The molecule has 0 aliphatic carbocycles. The van der Waals surface area contributed by atoms with Crippen LogP contribution in [0.3, 0.4) is 0 Å². The monoisotopic (exact) mass is 425 g/mol. The normalized spacial score (nSPS) is 14.2. The molecule has 0 spiro atoms. The molecule has 0 bridgehead atoms. The fourth-order valence-corrected chi connectivity index (χ4v) is 4.75. The molecule has 0 amide bonds. The number of hydrogen-bond donors (Lipinski definition) is 0. The summed E-state index contributed by atoms with van der Waals surface area (Å²) in [5.41, 5.74) is 4.58. The molecule has 1 aliphatic heterocycles. The lowest BCUT2D eigenvalue weighted by molar-refractivity contribution is -0.117. The van der Waals surface area contributed by atoms with Crippen LogP contribution < -0.4 is 15.0 Å². The van der Waals surface area contributed by atoms with E-state index in [0.29, 0.717) is 11.1 Å². The summed E-state index contributed by atoms with van der Waals surface area (Å²) in [6.45, 7) is 1.56. The molecule has 32 heavy (non-hydrogen) atoms. The third-order valence-electron chi connectivity index (χ3n) is 6.17. The molecule has 0 radical (unpaired) electrons. The van der Waals surface area contributed by atoms with Gasteiger partial charge >= 0.3 is 0 Å². The zero-order valence-corrected chi connectivity index (χ0v) is 18.2. The summed E-state index contributed by atoms with van der Waals surface area (Å²) in [6.07, 6.45) is 0.244. The quantitative estimate of drug-likeness (QED) is 0.439. The second-order valence-corrected chi connectivity index (χ2v) is 8.05. The number of fused-ring (bicyclic) bond motifs is 4. The second kappa shape index (κ2) is 7.68. The van der Waals surface area contributed by atoms with Crippen molar-refractivity contribution in [3.05, 3.63) is 82.6 Å². The predicted octanol–water partition coefficient (Wildman–Crippen LogP) is 5.23. The molecule has 5 heteroatoms. The number of hydrogen-bond acceptors (Lipinski definition) is 4. The van der Waals surface area contributed by atoms with Crippen LogP contribution in [0, 0.1) is 0 Å². The Labute approximate surface area is 185 Å². The molecule has 160 valence electrons. The number of ether oxygens (including phenoxy) is 2. The first-order chi connectivity index (χ1) is 15.5. The minimum absolute atomic E-state index is 0.0303. The standard InChI is InChI=1S/C27H23NO4/c1-16(29)14-24-23-15-19(32-3)12-13-21(23)26-25(17-8-10-18(31-2)11-9-17)20-6-4-5-7-22(20)27(30)28(24)26/h4-13,15,24H,14H2,1-3H3. The van der Waals surface area contributed by atoms with Gasteiger partial charge in [-0.1, -0.05) is 30.3 Å². The first-order valence-electron chi connectivity index (χ1n) is 10.5. The molecule has 5 nitrogen and oxygen atoms in total. The molecule has 3 aromatic carbocycles. The van der Waals surface area contributed by atoms with Crippen molar-refractivity contribution in [1.29, 1.82) is 0 Å². The minimum atomic E-state index is -0.373. The highest BCUT2D eigenvalue weighted by Crippen LogP contribution is 2.48. The number of nitrogens with zero attached hydrogens (tertiary/aromatic N) is 1. The molecule has 5 rings (SSSR count). The van der Waals surface area contributed by atoms with Gasteiger partial charge in [-0.3, -0.25) is 14.2 Å². The van der Waals surface area contributed by atoms with E-state index in [2.05, 4.69) is 0 Å². The van der Waals surface area contributed by atoms with Gasteiger partial charge in [0.15, 0.2) is 0 Å². The zero-order chi connectivity index (χ0) is 22.4. The molecule has 0 N–H and O–H groups in total. The van der Waals surface area contributed by atoms with Crippen LogP contribution in [-0.4, -0.2) is 24.6 Å². The van der Waals surface area contributed by atoms with Gasteiger partial charge in [0.2, 0.25) is 0 Å². The van der Waals surface area contributed by atoms with Gasteiger partial charge in [-0.05, 0) is 59.8 Å². The summed E-state index contributed by atoms with van der Waals surface area (Å²) in [6, 6.07) is 21.0. The Morgan fingerprint density at radius 3 is 2.22 bits per heavy atom. The Morgan fingerprint density at radius 1 is 0.906 bits per heavy atom. The molecule has 1 aromatic heterocycles. The van der Waals surface area contributed by atoms with Gasteiger partial charge in [0.05, 0.1) is 26.0 Å². The molecule has 1 atom stereocenters. The van der Waals surface area contributed by atoms with Crippen LogP contribution >= 0.6 is 0 Å². The van der Waals surface area contributed by atoms with Crippen LogP contribution in [0.25, 0.3) is 33.2 Å². The maximum Gasteiger partial charge on any atom is 0.259 e. The molecular weight excluding hydrogens is 402 g/mol. The van der Waals surface area contributed by atoms with E-state index in [4.69, 9.17) is 9.47 Å². The van der Waals surface area contributed by atoms with Crippen molar-refractivity contribution >= 4 is 16.6 Å². The molecule has 0 fully saturated rings. The average molecular weight is 425 g/mol. The maximum absolute atomic E-state index is 13.7. The number of aromatic nitrogens is 1. The van der Waals surface area contributed by atoms with Crippen LogP contribution in [-0.2, 0) is 4.79 Å². The summed E-state index contributed by atoms with van der Waals surface area (Å²) < 4.78 is 12.6. The van der Waals surface area contributed by atoms with Gasteiger partial charge in [-0.15, -0.1) is 0 Å². The molecule has 0 saturated heterocycles. The number of pyridine rings is 1. The number of Topliss-reactive ketones (excluding diaryl/α,β-unsaturated/α-hetero) is 1. The fourth-order valence-electron chi connectivity index (χ4n) is 4.75. The van der Waals surface area contributed by atoms with Gasteiger partial charge in [0.25, 0.3) is 5.56 Å². The summed E-state index contributed by atoms with van der Waals surface area (Å²) in [5.74, 6) is 1.50. The van der Waals surface area contributed by atoms with Crippen molar-refractivity contribution < 1.29 is 14.3 Å². The van der Waals surface area contributed by atoms with E-state index in [-0.39, 0.29) is 23.8 Å². The summed E-state index contributed by atoms with van der Waals surface area (Å²) in [4.78, 5) is 25.9. The SMILES string of the molecule is COc1ccc(-c2c3n(c(=O)c4ccccc24)C(CC(C)=O)c2cc(OC)ccc2-3)cc1. The Morgan fingerprint density at radius 2 is 1.56 bits per heavy atom. The summed E-state index contributed by atoms with van der Waals surface area (Å²) >= 11 is 0. The Bertz CT molecular complexity index is 1420. The number of benzene rings is 3. The van der Waals surface area contributed by atoms with Crippen LogP contribution in [0.15, 0.2) is 71.5 Å². The third kappa shape index (κ3) is 3.01. The lowest BCUT2D eigenvalue weighted by Crippen LogP contribution is -2.25. The second-order valence-electron chi connectivity index (χ2n) is 8.05. The molecule has 4 aromatic rings. The van der Waals surface area contributed by atoms with Gasteiger partial charge < -0.3 is 9.47 Å². The van der Waals surface area contributed by atoms with Gasteiger partial charge in [-0.25, -0.2) is 0 Å². The van der Waals surface area contributed by atoms with E-state index in [9.17, 15) is 9.59 Å². The van der Waals surface area contributed by atoms with Crippen molar-refractivity contribution in [1.82, 2.24) is 4.57 Å². The van der Waals surface area contributed by atoms with Crippen LogP contribution in [0.2, 0.25) is 0 Å². The van der Waals surface area contributed by atoms with Gasteiger partial charge in [0.1, 0.15) is 17.3 Å². The third-order valence-corrected chi connectivity index (χ3v) is 6.17. The number of carbonyl (C=O) groups is 1. The van der Waals surface area contributed by atoms with E-state index >= 15 is 0 Å². The van der Waals surface area contributed by atoms with Crippen LogP contribution in [0.5, 0.6) is 11.5 Å². The topological polar surface area (TPSA) is 57.5 Å². The number of carbonyl (C=O) groups excluding carboxylic acids is 1. The first-order valence-corrected chi connectivity index (χ1v) is 10.5. The summed E-state index contributed by atoms with van der Waals surface area (Å²) in [5, 5.41) is 1.52. The Kier molecular flexibility index (Phi) is 4.82. The highest BCUT2D eigenvalue weighted by Gasteiger charge is 2.34. The van der Waals surface area contributed by atoms with E-state index < -0.39 is 0 Å². The van der Waals surface area contributed by atoms with E-state index in [1.807, 2.05) is 66.7 Å². The highest BCUT2D eigenvalue weighted by atomic mass is 16.5. The zero-order valence-electron chi connectivity index (χ0n) is 18.2. The Hall–Kier alpha value is -3.86.